The molecule has 0 aliphatic carbocycles. The summed E-state index contributed by atoms with van der Waals surface area (Å²) in [6, 6.07) is -23.6. The van der Waals surface area contributed by atoms with Crippen molar-refractivity contribution in [3.63, 3.8) is 0 Å². The van der Waals surface area contributed by atoms with Gasteiger partial charge in [0.2, 0.25) is 118 Å². The van der Waals surface area contributed by atoms with E-state index in [1.54, 1.807) is 58.0 Å². The van der Waals surface area contributed by atoms with Crippen molar-refractivity contribution in [1.82, 2.24) is 101 Å². The summed E-state index contributed by atoms with van der Waals surface area (Å²) in [6.07, 6.45) is -8.23. The third-order valence-corrected chi connectivity index (χ3v) is 23.4. The second kappa shape index (κ2) is 63.0. The van der Waals surface area contributed by atoms with Gasteiger partial charge < -0.3 is 164 Å². The van der Waals surface area contributed by atoms with Gasteiger partial charge in [-0.3, -0.25) is 105 Å². The Morgan fingerprint density at radius 1 is 0.382 bits per heavy atom. The number of benzene rings is 1. The lowest BCUT2D eigenvalue weighted by molar-refractivity contribution is -0.144. The van der Waals surface area contributed by atoms with Gasteiger partial charge in [-0.2, -0.15) is 0 Å². The number of nitrogens with one attached hydrogen (secondary N) is 18. The van der Waals surface area contributed by atoms with Crippen LogP contribution in [0.5, 0.6) is 0 Å². The molecule has 2 heterocycles. The summed E-state index contributed by atoms with van der Waals surface area (Å²) < 4.78 is 0. The average molecular weight is 2050 g/mol. The fraction of sp³-hybridized carbons (Fsp3) is 0.678. The number of likely N-dealkylation sites (tertiary alicyclic amines) is 1. The zero-order valence-corrected chi connectivity index (χ0v) is 82.7. The van der Waals surface area contributed by atoms with Gasteiger partial charge in [0.05, 0.1) is 56.8 Å². The Hall–Kier alpha value is -13.3. The third-order valence-electron chi connectivity index (χ3n) is 23.4. The summed E-state index contributed by atoms with van der Waals surface area (Å²) >= 11 is 0. The highest BCUT2D eigenvalue weighted by molar-refractivity contribution is 6.03. The molecule has 2 saturated heterocycles. The van der Waals surface area contributed by atoms with Gasteiger partial charge >= 0.3 is 17.9 Å². The number of nitrogens with two attached hydrogens (primary N) is 4. The molecule has 54 heteroatoms. The minimum Gasteiger partial charge on any atom is -0.481 e. The molecule has 0 aromatic heterocycles. The number of amides is 20. The fourth-order valence-corrected chi connectivity index (χ4v) is 15.2. The largest absolute Gasteiger partial charge is 0.481 e. The lowest BCUT2D eigenvalue weighted by Gasteiger charge is -2.31. The predicted molar refractivity (Wildman–Crippen MR) is 508 cm³/mol. The molecule has 1 aromatic carbocycles. The summed E-state index contributed by atoms with van der Waals surface area (Å²) in [7, 11) is 0. The van der Waals surface area contributed by atoms with E-state index in [-0.39, 0.29) is 96.2 Å². The number of rotatable bonds is 66. The van der Waals surface area contributed by atoms with Crippen molar-refractivity contribution in [3.8, 4) is 0 Å². The molecule has 54 nitrogen and oxygen atoms in total. The van der Waals surface area contributed by atoms with Gasteiger partial charge in [-0.15, -0.1) is 0 Å². The van der Waals surface area contributed by atoms with E-state index in [0.29, 0.717) is 31.4 Å². The minimum absolute atomic E-state index is 0.00564. The molecule has 0 bridgehead atoms. The highest BCUT2D eigenvalue weighted by Crippen LogP contribution is 2.23. The van der Waals surface area contributed by atoms with E-state index in [1.165, 1.54) is 34.6 Å². The molecule has 144 heavy (non-hydrogen) atoms. The second-order valence-electron chi connectivity index (χ2n) is 36.6. The standard InChI is InChI=1S/C90H147N23O31/c1-12-44(6)68(85(138)104-58(39-67(123)124)81(134)100-54(28-29-66(121)122)76(129)102-55(34-42(2)3)79(132)98-53(25-17-19-31-92)77(130)111-70(48(10)117)87(140)106-60(90(143)144)38-65(94)120)109-88(141)71(49(11)118)112-83(136)62(41-115)107-73(126)46(8)97-84(137)63-27-21-33-113(63)89(142)59(35-43(4)5)105-75(128)52(24-16-18-30-91)99-82(135)61(40-114)108-80(133)56(36-50-22-14-13-15-23-50)101-72(125)45(7)96-78(131)57(37-64(93)119)103-86(139)69(47(9)116)110-74(127)51-26-20-32-95-51/h13-15,22-23,42-49,51-63,68-71,95,114-118H,12,16-21,24-41,91-92H2,1-11H3,(H2,93,119)(H2,94,120)(H,96,131)(H,97,137)(H,98,132)(H,99,135)(H,100,134)(H,101,125)(H,102,129)(H,103,139)(H,104,138)(H,105,128)(H,106,140)(H,107,126)(H,108,133)(H,109,141)(H,110,127)(H,111,130)(H,112,136)(H,121,122)(H,123,124)(H,143,144)/t44-,45-,46-,47+,48+,49+,51-,52-,53-,54-,55-,56-,57-,58-,59-,60-,61-,62-,63-,68-,69-,70-,71-/m0/s1. The van der Waals surface area contributed by atoms with Gasteiger partial charge in [0.1, 0.15) is 109 Å². The van der Waals surface area contributed by atoms with Crippen molar-refractivity contribution >= 4 is 136 Å². The van der Waals surface area contributed by atoms with Crippen LogP contribution in [0.1, 0.15) is 197 Å². The molecular formula is C90H147N23O31. The average Bonchev–Trinajstić information content (AvgIpc) is 1.66. The van der Waals surface area contributed by atoms with Crippen LogP contribution in [0.25, 0.3) is 0 Å². The fourth-order valence-electron chi connectivity index (χ4n) is 15.2. The molecular weight excluding hydrogens is 1900 g/mol. The number of aliphatic hydroxyl groups is 5. The lowest BCUT2D eigenvalue weighted by atomic mass is 9.96. The molecule has 0 saturated carbocycles. The number of carboxylic acids is 3. The summed E-state index contributed by atoms with van der Waals surface area (Å²) in [4.78, 5) is 314. The molecule has 2 aliphatic rings. The molecule has 0 unspecified atom stereocenters. The van der Waals surface area contributed by atoms with Crippen LogP contribution < -0.4 is 119 Å². The Balaban J connectivity index is 1.82. The maximum absolute atomic E-state index is 14.8. The highest BCUT2D eigenvalue weighted by atomic mass is 16.4. The smallest absolute Gasteiger partial charge is 0.326 e. The van der Waals surface area contributed by atoms with E-state index in [4.69, 9.17) is 22.9 Å². The van der Waals surface area contributed by atoms with Gasteiger partial charge in [-0.1, -0.05) is 78.3 Å². The van der Waals surface area contributed by atoms with Crippen LogP contribution in [-0.4, -0.2) is 354 Å². The first kappa shape index (κ1) is 125. The molecule has 3 rings (SSSR count). The first-order valence-electron chi connectivity index (χ1n) is 47.8. The molecule has 2 aliphatic heterocycles. The van der Waals surface area contributed by atoms with E-state index < -0.39 is 326 Å². The molecule has 34 N–H and O–H groups in total. The lowest BCUT2D eigenvalue weighted by Crippen LogP contribution is -2.63. The monoisotopic (exact) mass is 2050 g/mol. The van der Waals surface area contributed by atoms with Crippen LogP contribution in [0.2, 0.25) is 0 Å². The number of aliphatic hydroxyl groups excluding tert-OH is 5. The number of carboxylic acid groups (broad SMARTS) is 3. The van der Waals surface area contributed by atoms with Crippen LogP contribution in [-0.2, 0) is 117 Å². The van der Waals surface area contributed by atoms with Crippen LogP contribution in [0.15, 0.2) is 30.3 Å². The Labute approximate surface area is 831 Å². The molecule has 1 aromatic rings. The van der Waals surface area contributed by atoms with Crippen molar-refractivity contribution in [2.75, 3.05) is 39.4 Å². The molecule has 23 atom stereocenters. The van der Waals surface area contributed by atoms with E-state index in [9.17, 15) is 151 Å². The van der Waals surface area contributed by atoms with E-state index in [0.717, 1.165) is 18.7 Å². The topological polar surface area (TPSA) is 878 Å². The molecule has 20 amide bonds. The van der Waals surface area contributed by atoms with Crippen LogP contribution >= 0.6 is 0 Å². The van der Waals surface area contributed by atoms with Crippen molar-refractivity contribution in [2.45, 2.75) is 331 Å². The van der Waals surface area contributed by atoms with E-state index in [2.05, 4.69) is 90.4 Å². The second-order valence-corrected chi connectivity index (χ2v) is 36.6. The number of aliphatic carboxylic acids is 3. The van der Waals surface area contributed by atoms with Crippen LogP contribution in [0.3, 0.4) is 0 Å². The Morgan fingerprint density at radius 2 is 0.757 bits per heavy atom. The van der Waals surface area contributed by atoms with Gasteiger partial charge in [0.15, 0.2) is 0 Å². The quantitative estimate of drug-likeness (QED) is 0.0269. The van der Waals surface area contributed by atoms with Crippen LogP contribution in [0, 0.1) is 17.8 Å². The number of carbonyl (C=O) groups excluding carboxylic acids is 20. The third kappa shape index (κ3) is 43.1. The number of primary amides is 2. The first-order valence-corrected chi connectivity index (χ1v) is 47.8. The minimum atomic E-state index is -2.16. The molecule has 0 radical (unpaired) electrons. The number of unbranched alkanes of at least 4 members (excludes halogenated alkanes) is 2. The number of hydrogen-bond donors (Lipinski definition) is 30. The zero-order valence-electron chi connectivity index (χ0n) is 82.7. The van der Waals surface area contributed by atoms with Crippen molar-refractivity contribution < 1.29 is 151 Å². The number of hydrogen-bond acceptors (Lipinski definition) is 31. The van der Waals surface area contributed by atoms with Gasteiger partial charge in [-0.05, 0) is 161 Å². The summed E-state index contributed by atoms with van der Waals surface area (Å²) in [6.45, 7) is 13.6. The number of carbonyl (C=O) groups is 23. The maximum Gasteiger partial charge on any atom is 0.326 e. The maximum atomic E-state index is 14.8. The summed E-state index contributed by atoms with van der Waals surface area (Å²) in [5.41, 5.74) is 22.5. The highest BCUT2D eigenvalue weighted by Gasteiger charge is 2.45. The van der Waals surface area contributed by atoms with Crippen LogP contribution in [0.4, 0.5) is 0 Å². The van der Waals surface area contributed by atoms with E-state index in [1.807, 2.05) is 5.32 Å². The van der Waals surface area contributed by atoms with Crippen molar-refractivity contribution in [1.29, 1.82) is 0 Å². The summed E-state index contributed by atoms with van der Waals surface area (Å²) in [5.74, 6) is -28.8. The van der Waals surface area contributed by atoms with Crippen molar-refractivity contribution in [2.24, 2.45) is 40.7 Å². The Morgan fingerprint density at radius 3 is 1.22 bits per heavy atom. The predicted octanol–water partition coefficient (Wildman–Crippen LogP) is -11.0. The van der Waals surface area contributed by atoms with Gasteiger partial charge in [-0.25, -0.2) is 4.79 Å². The summed E-state index contributed by atoms with van der Waals surface area (Å²) in [5, 5.41) is 125. The molecule has 808 valence electrons. The normalized spacial score (nSPS) is 17.7. The Bertz CT molecular complexity index is 4560. The molecule has 2 fully saturated rings. The zero-order chi connectivity index (χ0) is 109. The first-order chi connectivity index (χ1) is 67.6. The molecule has 0 spiro atoms. The Kier molecular flexibility index (Phi) is 54.6. The van der Waals surface area contributed by atoms with E-state index >= 15 is 0 Å². The van der Waals surface area contributed by atoms with Gasteiger partial charge in [0, 0.05) is 19.4 Å². The SMILES string of the molecule is CC[C@H](C)[C@H](NC(=O)[C@@H](NC(=O)[C@H](CO)NC(=O)[C@H](C)NC(=O)[C@@H]1CCCN1C(=O)[C@H](CC(C)C)NC(=O)[C@H](CCCCN)NC(=O)[C@H](CO)NC(=O)[C@H](Cc1ccccc1)NC(=O)[C@H](C)NC(=O)[C@H](CC(N)=O)NC(=O)[C@@H](NC(=O)[C@@H]1CCCN1)[C@@H](C)O)[C@@H](C)O)C(=O)N[C@@H](CC(=O)O)C(=O)N[C@@H](CCC(=O)O)C(=O)N[C@@H](CC(C)C)C(=O)N[C@@H](CCCCN)C(=O)N[C@H](C(=O)N[C@@H](CC(N)=O)C(=O)O)[C@@H](C)O. The van der Waals surface area contributed by atoms with Crippen molar-refractivity contribution in [3.05, 3.63) is 35.9 Å². The van der Waals surface area contributed by atoms with Gasteiger partial charge in [0.25, 0.3) is 0 Å². The number of nitrogens with zero attached hydrogens (tertiary/aromatic N) is 1.